The van der Waals surface area contributed by atoms with Crippen molar-refractivity contribution in [2.75, 3.05) is 10.5 Å². The van der Waals surface area contributed by atoms with Gasteiger partial charge in [0.05, 0.1) is 5.75 Å². The van der Waals surface area contributed by atoms with Crippen LogP contribution in [0.4, 0.5) is 5.13 Å². The van der Waals surface area contributed by atoms with Crippen molar-refractivity contribution in [2.45, 2.75) is 19.8 Å². The Bertz CT molecular complexity index is 468. The van der Waals surface area contributed by atoms with Gasteiger partial charge in [-0.15, -0.1) is 0 Å². The molecule has 0 fully saturated rings. The summed E-state index contributed by atoms with van der Waals surface area (Å²) in [5, 5.41) is 8.57. The second kappa shape index (κ2) is 5.21. The molecule has 1 aromatic heterocycles. The highest BCUT2D eigenvalue weighted by molar-refractivity contribution is 7.92. The van der Waals surface area contributed by atoms with Gasteiger partial charge in [0.15, 0.2) is 0 Å². The zero-order valence-corrected chi connectivity index (χ0v) is 10.1. The van der Waals surface area contributed by atoms with Crippen LogP contribution in [0.1, 0.15) is 18.7 Å². The number of sulfonamides is 1. The minimum Gasteiger partial charge on any atom is -0.481 e. The van der Waals surface area contributed by atoms with Gasteiger partial charge in [-0.25, -0.2) is 13.4 Å². The van der Waals surface area contributed by atoms with Gasteiger partial charge in [0.25, 0.3) is 0 Å². The normalized spacial score (nSPS) is 11.3. The predicted octanol–water partition coefficient (Wildman–Crippen LogP) is 0.453. The number of aromatic nitrogens is 2. The minimum absolute atomic E-state index is 0.0719. The number of hydrogen-bond donors (Lipinski definition) is 2. The fraction of sp³-hybridized carbons (Fsp3) is 0.571. The number of carboxylic acid groups (broad SMARTS) is 1. The smallest absolute Gasteiger partial charge is 0.303 e. The summed E-state index contributed by atoms with van der Waals surface area (Å²) in [6.45, 7) is 1.65. The number of nitrogens with one attached hydrogen (secondary N) is 1. The second-order valence-corrected chi connectivity index (χ2v) is 5.66. The van der Waals surface area contributed by atoms with Crippen LogP contribution in [0.5, 0.6) is 0 Å². The number of anilines is 1. The highest BCUT2D eigenvalue weighted by Gasteiger charge is 2.13. The van der Waals surface area contributed by atoms with Gasteiger partial charge in [0.2, 0.25) is 15.2 Å². The van der Waals surface area contributed by atoms with E-state index >= 15 is 0 Å². The largest absolute Gasteiger partial charge is 0.481 e. The zero-order chi connectivity index (χ0) is 12.2. The second-order valence-electron chi connectivity index (χ2n) is 3.06. The summed E-state index contributed by atoms with van der Waals surface area (Å²) in [5.74, 6) is -0.757. The molecular formula is C7H11N3O4S2. The lowest BCUT2D eigenvalue weighted by atomic mass is 10.3. The van der Waals surface area contributed by atoms with E-state index in [1.165, 1.54) is 0 Å². The third-order valence-electron chi connectivity index (χ3n) is 1.57. The van der Waals surface area contributed by atoms with E-state index in [0.29, 0.717) is 5.82 Å². The summed E-state index contributed by atoms with van der Waals surface area (Å²) in [6.07, 6.45) is -0.0987. The van der Waals surface area contributed by atoms with Gasteiger partial charge in [0, 0.05) is 18.0 Å². The molecule has 0 saturated heterocycles. The fourth-order valence-corrected chi connectivity index (χ4v) is 2.84. The molecule has 1 aromatic rings. The number of hydrogen-bond acceptors (Lipinski definition) is 6. The van der Waals surface area contributed by atoms with Crippen molar-refractivity contribution in [2.24, 2.45) is 0 Å². The van der Waals surface area contributed by atoms with E-state index in [4.69, 9.17) is 5.11 Å². The van der Waals surface area contributed by atoms with Gasteiger partial charge < -0.3 is 5.11 Å². The summed E-state index contributed by atoms with van der Waals surface area (Å²) in [5.41, 5.74) is 0. The third-order valence-corrected chi connectivity index (χ3v) is 3.76. The average Bonchev–Trinajstić information content (AvgIpc) is 2.48. The number of rotatable bonds is 6. The van der Waals surface area contributed by atoms with E-state index in [9.17, 15) is 13.2 Å². The number of aliphatic carboxylic acids is 1. The van der Waals surface area contributed by atoms with Gasteiger partial charge >= 0.3 is 5.97 Å². The van der Waals surface area contributed by atoms with Crippen LogP contribution in [0.2, 0.25) is 0 Å². The first-order chi connectivity index (χ1) is 7.39. The lowest BCUT2D eigenvalue weighted by molar-refractivity contribution is -0.137. The summed E-state index contributed by atoms with van der Waals surface area (Å²) in [7, 11) is -3.52. The molecule has 0 bridgehead atoms. The highest BCUT2D eigenvalue weighted by atomic mass is 32.2. The Morgan fingerprint density at radius 1 is 1.56 bits per heavy atom. The first kappa shape index (κ1) is 12.8. The van der Waals surface area contributed by atoms with Crippen LogP contribution >= 0.6 is 11.5 Å². The standard InChI is InChI=1S/C7H11N3O4S2/c1-5-8-7(15-9-5)10-16(13,14)4-2-3-6(11)12/h2-4H2,1H3,(H,11,12)(H,8,9,10). The summed E-state index contributed by atoms with van der Waals surface area (Å²) >= 11 is 0.948. The van der Waals surface area contributed by atoms with Crippen LogP contribution < -0.4 is 4.72 Å². The monoisotopic (exact) mass is 265 g/mol. The van der Waals surface area contributed by atoms with Crippen molar-refractivity contribution in [1.29, 1.82) is 0 Å². The van der Waals surface area contributed by atoms with Crippen LogP contribution in [0, 0.1) is 6.92 Å². The van der Waals surface area contributed by atoms with Crippen LogP contribution in [-0.2, 0) is 14.8 Å². The van der Waals surface area contributed by atoms with Crippen molar-refractivity contribution in [1.82, 2.24) is 9.36 Å². The molecule has 9 heteroatoms. The van der Waals surface area contributed by atoms with E-state index in [2.05, 4.69) is 14.1 Å². The van der Waals surface area contributed by atoms with Crippen LogP contribution in [-0.4, -0.2) is 34.6 Å². The van der Waals surface area contributed by atoms with Gasteiger partial charge in [-0.1, -0.05) is 0 Å². The van der Waals surface area contributed by atoms with E-state index in [1.54, 1.807) is 6.92 Å². The average molecular weight is 265 g/mol. The van der Waals surface area contributed by atoms with Crippen molar-refractivity contribution in [3.8, 4) is 0 Å². The molecule has 0 aliphatic carbocycles. The van der Waals surface area contributed by atoms with E-state index < -0.39 is 16.0 Å². The molecular weight excluding hydrogens is 254 g/mol. The molecule has 0 atom stereocenters. The number of nitrogens with zero attached hydrogens (tertiary/aromatic N) is 2. The maximum atomic E-state index is 11.4. The Morgan fingerprint density at radius 2 is 2.25 bits per heavy atom. The maximum absolute atomic E-state index is 11.4. The Kier molecular flexibility index (Phi) is 4.19. The molecule has 90 valence electrons. The van der Waals surface area contributed by atoms with Crippen molar-refractivity contribution in [3.05, 3.63) is 5.82 Å². The Morgan fingerprint density at radius 3 is 2.75 bits per heavy atom. The molecule has 0 saturated carbocycles. The topological polar surface area (TPSA) is 109 Å². The molecule has 0 aliphatic heterocycles. The van der Waals surface area contributed by atoms with Gasteiger partial charge in [-0.2, -0.15) is 4.37 Å². The molecule has 2 N–H and O–H groups in total. The van der Waals surface area contributed by atoms with Crippen molar-refractivity contribution >= 4 is 32.7 Å². The molecule has 0 spiro atoms. The van der Waals surface area contributed by atoms with Gasteiger partial charge in [-0.05, 0) is 13.3 Å². The van der Waals surface area contributed by atoms with Crippen molar-refractivity contribution in [3.63, 3.8) is 0 Å². The van der Waals surface area contributed by atoms with E-state index in [-0.39, 0.29) is 23.7 Å². The molecule has 1 rings (SSSR count). The summed E-state index contributed by atoms with van der Waals surface area (Å²) in [4.78, 5) is 14.1. The highest BCUT2D eigenvalue weighted by Crippen LogP contribution is 2.12. The number of carbonyl (C=O) groups is 1. The van der Waals surface area contributed by atoms with E-state index in [0.717, 1.165) is 11.5 Å². The summed E-state index contributed by atoms with van der Waals surface area (Å²) < 4.78 is 28.9. The Hall–Kier alpha value is -1.22. The lowest BCUT2D eigenvalue weighted by Gasteiger charge is -2.02. The zero-order valence-electron chi connectivity index (χ0n) is 8.50. The molecule has 0 amide bonds. The number of aryl methyl sites for hydroxylation is 1. The van der Waals surface area contributed by atoms with Gasteiger partial charge in [0.1, 0.15) is 5.82 Å². The Balaban J connectivity index is 2.49. The quantitative estimate of drug-likeness (QED) is 0.773. The van der Waals surface area contributed by atoms with Crippen LogP contribution in [0.25, 0.3) is 0 Å². The first-order valence-corrected chi connectivity index (χ1v) is 6.84. The summed E-state index contributed by atoms with van der Waals surface area (Å²) in [6, 6.07) is 0. The van der Waals surface area contributed by atoms with E-state index in [1.807, 2.05) is 0 Å². The molecule has 0 aliphatic rings. The molecule has 7 nitrogen and oxygen atoms in total. The van der Waals surface area contributed by atoms with Crippen LogP contribution in [0.3, 0.4) is 0 Å². The minimum atomic E-state index is -3.52. The van der Waals surface area contributed by atoms with Crippen LogP contribution in [0.15, 0.2) is 0 Å². The van der Waals surface area contributed by atoms with Gasteiger partial charge in [-0.3, -0.25) is 9.52 Å². The molecule has 0 aromatic carbocycles. The lowest BCUT2D eigenvalue weighted by Crippen LogP contribution is -2.17. The Labute approximate surface area is 96.7 Å². The number of carboxylic acids is 1. The third kappa shape index (κ3) is 4.53. The first-order valence-electron chi connectivity index (χ1n) is 4.41. The fourth-order valence-electron chi connectivity index (χ4n) is 0.936. The molecule has 0 unspecified atom stereocenters. The molecule has 1 heterocycles. The predicted molar refractivity (Wildman–Crippen MR) is 58.9 cm³/mol. The van der Waals surface area contributed by atoms with Crippen molar-refractivity contribution < 1.29 is 18.3 Å². The molecule has 16 heavy (non-hydrogen) atoms. The molecule has 0 radical (unpaired) electrons. The SMILES string of the molecule is Cc1nsc(NS(=O)(=O)CCCC(=O)O)n1. The maximum Gasteiger partial charge on any atom is 0.303 e.